The van der Waals surface area contributed by atoms with Crippen LogP contribution in [0.2, 0.25) is 0 Å². The summed E-state index contributed by atoms with van der Waals surface area (Å²) in [5.41, 5.74) is 0.286. The van der Waals surface area contributed by atoms with Crippen LogP contribution in [0.25, 0.3) is 10.2 Å². The highest BCUT2D eigenvalue weighted by molar-refractivity contribution is 7.20. The second-order valence-electron chi connectivity index (χ2n) is 4.73. The number of carbonyl (C=O) groups is 1. The van der Waals surface area contributed by atoms with Gasteiger partial charge in [-0.3, -0.25) is 14.8 Å². The molecule has 0 unspecified atom stereocenters. The number of benzene rings is 1. The van der Waals surface area contributed by atoms with Crippen LogP contribution in [0.3, 0.4) is 0 Å². The zero-order valence-electron chi connectivity index (χ0n) is 11.6. The van der Waals surface area contributed by atoms with E-state index in [0.717, 1.165) is 16.9 Å². The largest absolute Gasteiger partial charge is 0.457 e. The molecule has 1 aromatic carbocycles. The molecule has 7 heteroatoms. The zero-order valence-corrected chi connectivity index (χ0v) is 12.5. The molecule has 0 atom stereocenters. The van der Waals surface area contributed by atoms with Gasteiger partial charge in [0.15, 0.2) is 0 Å². The first-order valence-electron chi connectivity index (χ1n) is 6.53. The minimum atomic E-state index is -0.594. The first kappa shape index (κ1) is 14.3. The minimum Gasteiger partial charge on any atom is -0.457 e. The van der Waals surface area contributed by atoms with Crippen LogP contribution >= 0.6 is 11.3 Å². The molecular weight excluding hydrogens is 304 g/mol. The molecule has 3 aromatic rings. The molecule has 2 aromatic heterocycles. The SMILES string of the molecule is Cc1c(C(=O)OCc2ccccc2)sc2[nH]c(=O)[nH]c(=O)c12. The number of H-pyrrole nitrogens is 2. The number of aromatic amines is 2. The number of fused-ring (bicyclic) bond motifs is 1. The summed E-state index contributed by atoms with van der Waals surface area (Å²) in [5, 5.41) is 0.316. The predicted molar refractivity (Wildman–Crippen MR) is 83.4 cm³/mol. The van der Waals surface area contributed by atoms with E-state index in [9.17, 15) is 14.4 Å². The number of esters is 1. The quantitative estimate of drug-likeness (QED) is 0.722. The minimum absolute atomic E-state index is 0.153. The lowest BCUT2D eigenvalue weighted by molar-refractivity contribution is 0.0478. The van der Waals surface area contributed by atoms with Crippen LogP contribution in [0.15, 0.2) is 39.9 Å². The van der Waals surface area contributed by atoms with Gasteiger partial charge in [0.1, 0.15) is 16.3 Å². The number of carbonyl (C=O) groups excluding carboxylic acids is 1. The van der Waals surface area contributed by atoms with Gasteiger partial charge in [0, 0.05) is 0 Å². The van der Waals surface area contributed by atoms with Crippen molar-refractivity contribution < 1.29 is 9.53 Å². The molecule has 112 valence electrons. The van der Waals surface area contributed by atoms with Crippen molar-refractivity contribution in [2.24, 2.45) is 0 Å². The van der Waals surface area contributed by atoms with Gasteiger partial charge in [-0.15, -0.1) is 11.3 Å². The van der Waals surface area contributed by atoms with Crippen molar-refractivity contribution in [1.29, 1.82) is 0 Å². The van der Waals surface area contributed by atoms with E-state index in [-0.39, 0.29) is 6.61 Å². The Labute approximate surface area is 128 Å². The van der Waals surface area contributed by atoms with E-state index >= 15 is 0 Å². The average molecular weight is 316 g/mol. The second-order valence-corrected chi connectivity index (χ2v) is 5.75. The highest BCUT2D eigenvalue weighted by Crippen LogP contribution is 2.26. The Morgan fingerprint density at radius 1 is 1.18 bits per heavy atom. The van der Waals surface area contributed by atoms with Crippen LogP contribution in [0.1, 0.15) is 20.8 Å². The fraction of sp³-hybridized carbons (Fsp3) is 0.133. The lowest BCUT2D eigenvalue weighted by Crippen LogP contribution is -2.21. The third kappa shape index (κ3) is 2.58. The molecule has 0 radical (unpaired) electrons. The van der Waals surface area contributed by atoms with E-state index in [1.807, 2.05) is 30.3 Å². The normalized spacial score (nSPS) is 10.8. The number of rotatable bonds is 3. The van der Waals surface area contributed by atoms with Crippen LogP contribution in [-0.2, 0) is 11.3 Å². The van der Waals surface area contributed by atoms with Gasteiger partial charge in [0.25, 0.3) is 5.56 Å². The van der Waals surface area contributed by atoms with Crippen molar-refractivity contribution in [1.82, 2.24) is 9.97 Å². The van der Waals surface area contributed by atoms with E-state index in [1.54, 1.807) is 6.92 Å². The monoisotopic (exact) mass is 316 g/mol. The predicted octanol–water partition coefficient (Wildman–Crippen LogP) is 1.94. The Balaban J connectivity index is 1.91. The van der Waals surface area contributed by atoms with Gasteiger partial charge in [-0.1, -0.05) is 30.3 Å². The second kappa shape index (κ2) is 5.61. The average Bonchev–Trinajstić information content (AvgIpc) is 2.83. The Kier molecular flexibility index (Phi) is 3.64. The molecule has 0 bridgehead atoms. The van der Waals surface area contributed by atoms with Crippen LogP contribution in [0.5, 0.6) is 0 Å². The first-order chi connectivity index (χ1) is 10.6. The summed E-state index contributed by atoms with van der Waals surface area (Å²) < 4.78 is 5.26. The summed E-state index contributed by atoms with van der Waals surface area (Å²) in [6.45, 7) is 1.81. The maximum Gasteiger partial charge on any atom is 0.349 e. The molecule has 22 heavy (non-hydrogen) atoms. The molecule has 0 aliphatic heterocycles. The van der Waals surface area contributed by atoms with Crippen molar-refractivity contribution in [3.63, 3.8) is 0 Å². The van der Waals surface area contributed by atoms with Gasteiger partial charge in [-0.2, -0.15) is 0 Å². The molecule has 3 rings (SSSR count). The third-order valence-corrected chi connectivity index (χ3v) is 4.41. The van der Waals surface area contributed by atoms with E-state index in [1.165, 1.54) is 0 Å². The van der Waals surface area contributed by atoms with Crippen molar-refractivity contribution in [3.8, 4) is 0 Å². The van der Waals surface area contributed by atoms with Gasteiger partial charge in [0.2, 0.25) is 0 Å². The molecule has 2 N–H and O–H groups in total. The molecular formula is C15H12N2O4S. The molecule has 0 fully saturated rings. The number of aromatic nitrogens is 2. The highest BCUT2D eigenvalue weighted by atomic mass is 32.1. The van der Waals surface area contributed by atoms with Crippen molar-refractivity contribution in [2.45, 2.75) is 13.5 Å². The third-order valence-electron chi connectivity index (χ3n) is 3.23. The first-order valence-corrected chi connectivity index (χ1v) is 7.34. The maximum atomic E-state index is 12.2. The number of thiophene rings is 1. The van der Waals surface area contributed by atoms with Gasteiger partial charge in [-0.25, -0.2) is 9.59 Å². The van der Waals surface area contributed by atoms with Gasteiger partial charge < -0.3 is 4.74 Å². The lowest BCUT2D eigenvalue weighted by Gasteiger charge is -2.03. The highest BCUT2D eigenvalue weighted by Gasteiger charge is 2.19. The zero-order chi connectivity index (χ0) is 15.7. The van der Waals surface area contributed by atoms with Crippen molar-refractivity contribution >= 4 is 27.5 Å². The van der Waals surface area contributed by atoms with E-state index in [2.05, 4.69) is 9.97 Å². The number of nitrogens with one attached hydrogen (secondary N) is 2. The van der Waals surface area contributed by atoms with E-state index < -0.39 is 17.2 Å². The van der Waals surface area contributed by atoms with Crippen LogP contribution in [0.4, 0.5) is 0 Å². The molecule has 0 saturated carbocycles. The molecule has 2 heterocycles. The Morgan fingerprint density at radius 3 is 2.64 bits per heavy atom. The number of aryl methyl sites for hydroxylation is 1. The van der Waals surface area contributed by atoms with Crippen LogP contribution in [0, 0.1) is 6.92 Å². The lowest BCUT2D eigenvalue weighted by atomic mass is 10.2. The topological polar surface area (TPSA) is 92.0 Å². The summed E-state index contributed by atoms with van der Waals surface area (Å²) in [6.07, 6.45) is 0. The molecule has 0 amide bonds. The molecule has 0 aliphatic carbocycles. The van der Waals surface area contributed by atoms with E-state index in [0.29, 0.717) is 20.7 Å². The standard InChI is InChI=1S/C15H12N2O4S/c1-8-10-12(18)16-15(20)17-13(10)22-11(8)14(19)21-7-9-5-3-2-4-6-9/h2-6H,7H2,1H3,(H2,16,17,18,20). The fourth-order valence-corrected chi connectivity index (χ4v) is 3.25. The van der Waals surface area contributed by atoms with Crippen molar-refractivity contribution in [3.05, 3.63) is 67.2 Å². The van der Waals surface area contributed by atoms with Crippen molar-refractivity contribution in [2.75, 3.05) is 0 Å². The molecule has 0 aliphatic rings. The Bertz CT molecular complexity index is 953. The number of ether oxygens (including phenoxy) is 1. The Hall–Kier alpha value is -2.67. The maximum absolute atomic E-state index is 12.2. The van der Waals surface area contributed by atoms with Gasteiger partial charge in [0.05, 0.1) is 5.39 Å². The molecule has 0 saturated heterocycles. The fourth-order valence-electron chi connectivity index (χ4n) is 2.16. The van der Waals surface area contributed by atoms with Crippen LogP contribution in [-0.4, -0.2) is 15.9 Å². The number of hydrogen-bond acceptors (Lipinski definition) is 5. The summed E-state index contributed by atoms with van der Waals surface area (Å²) in [7, 11) is 0. The van der Waals surface area contributed by atoms with Crippen LogP contribution < -0.4 is 11.2 Å². The van der Waals surface area contributed by atoms with E-state index in [4.69, 9.17) is 4.74 Å². The van der Waals surface area contributed by atoms with Gasteiger partial charge in [-0.05, 0) is 18.1 Å². The number of hydrogen-bond donors (Lipinski definition) is 2. The summed E-state index contributed by atoms with van der Waals surface area (Å²) in [4.78, 5) is 40.7. The summed E-state index contributed by atoms with van der Waals surface area (Å²) in [5.74, 6) is -0.511. The summed E-state index contributed by atoms with van der Waals surface area (Å²) >= 11 is 1.05. The van der Waals surface area contributed by atoms with Gasteiger partial charge >= 0.3 is 11.7 Å². The smallest absolute Gasteiger partial charge is 0.349 e. The molecule has 6 nitrogen and oxygen atoms in total. The Morgan fingerprint density at radius 2 is 1.91 bits per heavy atom. The molecule has 0 spiro atoms. The summed E-state index contributed by atoms with van der Waals surface area (Å²) in [6, 6.07) is 9.31.